The summed E-state index contributed by atoms with van der Waals surface area (Å²) in [5.74, 6) is -1.75. The third-order valence-corrected chi connectivity index (χ3v) is 3.42. The van der Waals surface area contributed by atoms with Crippen molar-refractivity contribution in [3.63, 3.8) is 0 Å². The number of benzene rings is 1. The largest absolute Gasteiger partial charge is 0.504 e. The molecular formula is C17H22ClNO5. The smallest absolute Gasteiger partial charge is 0.330 e. The van der Waals surface area contributed by atoms with E-state index in [0.717, 1.165) is 0 Å². The van der Waals surface area contributed by atoms with Gasteiger partial charge in [-0.3, -0.25) is 9.79 Å². The molecule has 0 spiro atoms. The number of hydrogen-bond donors (Lipinski definition) is 1. The number of hydrogen-bond acceptors (Lipinski definition) is 6. The fourth-order valence-corrected chi connectivity index (χ4v) is 2.00. The number of rotatable bonds is 6. The lowest BCUT2D eigenvalue weighted by atomic mass is 10.1. The van der Waals surface area contributed by atoms with Crippen molar-refractivity contribution in [2.24, 2.45) is 16.8 Å². The van der Waals surface area contributed by atoms with Crippen molar-refractivity contribution in [3.05, 3.63) is 22.7 Å². The van der Waals surface area contributed by atoms with Gasteiger partial charge < -0.3 is 14.6 Å². The first-order chi connectivity index (χ1) is 11.2. The summed E-state index contributed by atoms with van der Waals surface area (Å²) in [6.07, 6.45) is 1.31. The maximum Gasteiger partial charge on any atom is 0.330 e. The van der Waals surface area contributed by atoms with Gasteiger partial charge >= 0.3 is 11.9 Å². The predicted octanol–water partition coefficient (Wildman–Crippen LogP) is 3.22. The Balaban J connectivity index is 3.16. The highest BCUT2D eigenvalue weighted by Gasteiger charge is 2.22. The fourth-order valence-electron chi connectivity index (χ4n) is 1.78. The zero-order chi connectivity index (χ0) is 18.4. The molecule has 0 heterocycles. The van der Waals surface area contributed by atoms with Crippen LogP contribution in [0.2, 0.25) is 5.02 Å². The van der Waals surface area contributed by atoms with Gasteiger partial charge in [-0.05, 0) is 12.0 Å². The normalized spacial score (nSPS) is 12.7. The topological polar surface area (TPSA) is 85.2 Å². The SMILES string of the molecule is COC(=O)C(N=Cc1cc(Cl)cc(OC(=O)C(C)C)c1O)C(C)C. The highest BCUT2D eigenvalue weighted by molar-refractivity contribution is 6.31. The van der Waals surface area contributed by atoms with E-state index < -0.39 is 18.0 Å². The molecule has 132 valence electrons. The minimum absolute atomic E-state index is 0.0539. The summed E-state index contributed by atoms with van der Waals surface area (Å²) >= 11 is 6.00. The minimum Gasteiger partial charge on any atom is -0.504 e. The number of methoxy groups -OCH3 is 1. The predicted molar refractivity (Wildman–Crippen MR) is 91.8 cm³/mol. The monoisotopic (exact) mass is 355 g/mol. The van der Waals surface area contributed by atoms with Crippen molar-refractivity contribution >= 4 is 29.8 Å². The van der Waals surface area contributed by atoms with Crippen LogP contribution in [0, 0.1) is 11.8 Å². The van der Waals surface area contributed by atoms with Crippen LogP contribution in [0.15, 0.2) is 17.1 Å². The molecule has 24 heavy (non-hydrogen) atoms. The van der Waals surface area contributed by atoms with E-state index in [9.17, 15) is 14.7 Å². The molecule has 0 aromatic heterocycles. The van der Waals surface area contributed by atoms with Gasteiger partial charge in [0.2, 0.25) is 0 Å². The molecule has 0 aliphatic carbocycles. The molecule has 0 radical (unpaired) electrons. The highest BCUT2D eigenvalue weighted by atomic mass is 35.5. The van der Waals surface area contributed by atoms with Crippen LogP contribution in [0.1, 0.15) is 33.3 Å². The Kier molecular flexibility index (Phi) is 7.22. The number of esters is 2. The number of ether oxygens (including phenoxy) is 2. The molecular weight excluding hydrogens is 334 g/mol. The molecule has 1 atom stereocenters. The van der Waals surface area contributed by atoms with E-state index in [1.807, 2.05) is 13.8 Å². The van der Waals surface area contributed by atoms with E-state index in [1.54, 1.807) is 13.8 Å². The summed E-state index contributed by atoms with van der Waals surface area (Å²) in [4.78, 5) is 27.6. The van der Waals surface area contributed by atoms with Crippen LogP contribution in [0.25, 0.3) is 0 Å². The van der Waals surface area contributed by atoms with Gasteiger partial charge in [-0.2, -0.15) is 0 Å². The van der Waals surface area contributed by atoms with E-state index in [1.165, 1.54) is 25.5 Å². The second-order valence-electron chi connectivity index (χ2n) is 5.91. The zero-order valence-electron chi connectivity index (χ0n) is 14.4. The number of nitrogens with zero attached hydrogens (tertiary/aromatic N) is 1. The molecule has 1 N–H and O–H groups in total. The second kappa shape index (κ2) is 8.68. The molecule has 0 saturated carbocycles. The third-order valence-electron chi connectivity index (χ3n) is 3.20. The lowest BCUT2D eigenvalue weighted by Gasteiger charge is -2.14. The van der Waals surface area contributed by atoms with Gasteiger partial charge in [0, 0.05) is 22.9 Å². The summed E-state index contributed by atoms with van der Waals surface area (Å²) in [6.45, 7) is 7.00. The van der Waals surface area contributed by atoms with Gasteiger partial charge in [0.25, 0.3) is 0 Å². The molecule has 1 aromatic carbocycles. The first kappa shape index (κ1) is 20.0. The molecule has 1 rings (SSSR count). The Morgan fingerprint density at radius 2 is 1.83 bits per heavy atom. The van der Waals surface area contributed by atoms with Crippen LogP contribution in [-0.2, 0) is 14.3 Å². The Morgan fingerprint density at radius 1 is 1.21 bits per heavy atom. The average molecular weight is 356 g/mol. The molecule has 0 aliphatic rings. The summed E-state index contributed by atoms with van der Waals surface area (Å²) in [7, 11) is 1.29. The Morgan fingerprint density at radius 3 is 2.33 bits per heavy atom. The van der Waals surface area contributed by atoms with E-state index in [2.05, 4.69) is 4.99 Å². The summed E-state index contributed by atoms with van der Waals surface area (Å²) in [5, 5.41) is 10.5. The number of phenols is 1. The summed E-state index contributed by atoms with van der Waals surface area (Å²) < 4.78 is 9.83. The van der Waals surface area contributed by atoms with Crippen LogP contribution in [0.5, 0.6) is 11.5 Å². The summed E-state index contributed by atoms with van der Waals surface area (Å²) in [5.41, 5.74) is 0.239. The van der Waals surface area contributed by atoms with Crippen molar-refractivity contribution in [2.75, 3.05) is 7.11 Å². The van der Waals surface area contributed by atoms with Gasteiger partial charge in [0.05, 0.1) is 13.0 Å². The van der Waals surface area contributed by atoms with Crippen molar-refractivity contribution < 1.29 is 24.2 Å². The lowest BCUT2D eigenvalue weighted by molar-refractivity contribution is -0.143. The molecule has 6 nitrogen and oxygen atoms in total. The number of halogens is 1. The van der Waals surface area contributed by atoms with E-state index in [-0.39, 0.29) is 33.9 Å². The van der Waals surface area contributed by atoms with Gasteiger partial charge in [0.15, 0.2) is 11.5 Å². The van der Waals surface area contributed by atoms with Crippen LogP contribution < -0.4 is 4.74 Å². The van der Waals surface area contributed by atoms with Gasteiger partial charge in [-0.25, -0.2) is 4.79 Å². The molecule has 0 fully saturated rings. The average Bonchev–Trinajstić information content (AvgIpc) is 2.50. The number of aromatic hydroxyl groups is 1. The van der Waals surface area contributed by atoms with Gasteiger partial charge in [-0.1, -0.05) is 39.3 Å². The van der Waals surface area contributed by atoms with E-state index in [4.69, 9.17) is 21.1 Å². The van der Waals surface area contributed by atoms with Crippen LogP contribution in [0.4, 0.5) is 0 Å². The molecule has 0 saturated heterocycles. The maximum atomic E-state index is 11.7. The number of aliphatic imine (C=N–C) groups is 1. The van der Waals surface area contributed by atoms with Crippen LogP contribution in [-0.4, -0.2) is 36.4 Å². The number of carbonyl (C=O) groups excluding carboxylic acids is 2. The summed E-state index contributed by atoms with van der Waals surface area (Å²) in [6, 6.07) is 2.09. The molecule has 0 aliphatic heterocycles. The van der Waals surface area contributed by atoms with Gasteiger partial charge in [0.1, 0.15) is 6.04 Å². The fraction of sp³-hybridized carbons (Fsp3) is 0.471. The maximum absolute atomic E-state index is 11.7. The quantitative estimate of drug-likeness (QED) is 0.481. The molecule has 0 bridgehead atoms. The number of phenolic OH excluding ortho intramolecular Hbond substituents is 1. The Bertz CT molecular complexity index is 640. The first-order valence-corrected chi connectivity index (χ1v) is 7.90. The highest BCUT2D eigenvalue weighted by Crippen LogP contribution is 2.33. The number of carbonyl (C=O) groups is 2. The first-order valence-electron chi connectivity index (χ1n) is 7.52. The van der Waals surface area contributed by atoms with Crippen molar-refractivity contribution in [3.8, 4) is 11.5 Å². The molecule has 1 unspecified atom stereocenters. The third kappa shape index (κ3) is 5.23. The van der Waals surface area contributed by atoms with Gasteiger partial charge in [-0.15, -0.1) is 0 Å². The van der Waals surface area contributed by atoms with Crippen molar-refractivity contribution in [1.29, 1.82) is 0 Å². The molecule has 0 amide bonds. The van der Waals surface area contributed by atoms with E-state index in [0.29, 0.717) is 0 Å². The van der Waals surface area contributed by atoms with Crippen molar-refractivity contribution in [2.45, 2.75) is 33.7 Å². The molecule has 7 heteroatoms. The lowest BCUT2D eigenvalue weighted by Crippen LogP contribution is -2.26. The Hall–Kier alpha value is -2.08. The second-order valence-corrected chi connectivity index (χ2v) is 6.34. The van der Waals surface area contributed by atoms with Crippen LogP contribution >= 0.6 is 11.6 Å². The minimum atomic E-state index is -0.713. The van der Waals surface area contributed by atoms with E-state index >= 15 is 0 Å². The zero-order valence-corrected chi connectivity index (χ0v) is 15.1. The molecule has 1 aromatic rings. The van der Waals surface area contributed by atoms with Crippen LogP contribution in [0.3, 0.4) is 0 Å². The Labute approximate surface area is 146 Å². The van der Waals surface area contributed by atoms with Crippen molar-refractivity contribution in [1.82, 2.24) is 0 Å². The standard InChI is InChI=1S/C17H22ClNO5/c1-9(2)14(17(22)23-5)19-8-11-6-12(18)7-13(15(11)20)24-16(21)10(3)4/h6-10,14,20H,1-5H3.